The first-order chi connectivity index (χ1) is 11.7. The second-order valence-corrected chi connectivity index (χ2v) is 5.38. The highest BCUT2D eigenvalue weighted by molar-refractivity contribution is 5.89. The Morgan fingerprint density at radius 2 is 2.08 bits per heavy atom. The molecule has 0 aliphatic heterocycles. The number of esters is 1. The highest BCUT2D eigenvalue weighted by atomic mass is 16.5. The Balaban J connectivity index is 1.62. The number of anilines is 1. The van der Waals surface area contributed by atoms with Gasteiger partial charge in [0.25, 0.3) is 0 Å². The molecular formula is C18H20N4O2. The summed E-state index contributed by atoms with van der Waals surface area (Å²) in [4.78, 5) is 20.4. The Labute approximate surface area is 140 Å². The zero-order valence-electron chi connectivity index (χ0n) is 13.8. The minimum absolute atomic E-state index is 0.350. The van der Waals surface area contributed by atoms with Gasteiger partial charge in [0.05, 0.1) is 23.2 Å². The predicted molar refractivity (Wildman–Crippen MR) is 93.2 cm³/mol. The molecule has 0 aliphatic rings. The number of ether oxygens (including phenoxy) is 1. The molecule has 124 valence electrons. The number of benzene rings is 1. The van der Waals surface area contributed by atoms with Crippen molar-refractivity contribution in [1.29, 1.82) is 0 Å². The molecule has 24 heavy (non-hydrogen) atoms. The van der Waals surface area contributed by atoms with Gasteiger partial charge in [-0.15, -0.1) is 0 Å². The summed E-state index contributed by atoms with van der Waals surface area (Å²) < 4.78 is 7.12. The van der Waals surface area contributed by atoms with Crippen molar-refractivity contribution >= 4 is 22.8 Å². The van der Waals surface area contributed by atoms with Gasteiger partial charge in [0.2, 0.25) is 0 Å². The van der Waals surface area contributed by atoms with Crippen LogP contribution in [0.5, 0.6) is 0 Å². The van der Waals surface area contributed by atoms with Crippen molar-refractivity contribution in [1.82, 2.24) is 14.5 Å². The van der Waals surface area contributed by atoms with Crippen molar-refractivity contribution in [3.05, 3.63) is 54.0 Å². The van der Waals surface area contributed by atoms with Gasteiger partial charge in [0.1, 0.15) is 11.6 Å². The quantitative estimate of drug-likeness (QED) is 0.706. The lowest BCUT2D eigenvalue weighted by Gasteiger charge is -2.09. The van der Waals surface area contributed by atoms with Gasteiger partial charge in [0.15, 0.2) is 0 Å². The maximum Gasteiger partial charge on any atom is 0.339 e. The SMILES string of the molecule is CCOC(=O)c1ccc(NCCn2c(C)nc3ccccc32)nc1. The van der Waals surface area contributed by atoms with E-state index in [1.165, 1.54) is 6.20 Å². The van der Waals surface area contributed by atoms with Crippen LogP contribution in [-0.4, -0.2) is 33.7 Å². The van der Waals surface area contributed by atoms with Crippen molar-refractivity contribution in [3.63, 3.8) is 0 Å². The predicted octanol–water partition coefficient (Wildman–Crippen LogP) is 3.03. The van der Waals surface area contributed by atoms with Crippen molar-refractivity contribution in [2.45, 2.75) is 20.4 Å². The molecule has 0 spiro atoms. The van der Waals surface area contributed by atoms with E-state index >= 15 is 0 Å². The number of nitrogens with one attached hydrogen (secondary N) is 1. The van der Waals surface area contributed by atoms with E-state index < -0.39 is 0 Å². The van der Waals surface area contributed by atoms with E-state index in [0.717, 1.165) is 29.2 Å². The topological polar surface area (TPSA) is 69.0 Å². The fraction of sp³-hybridized carbons (Fsp3) is 0.278. The second-order valence-electron chi connectivity index (χ2n) is 5.38. The number of nitrogens with zero attached hydrogens (tertiary/aromatic N) is 3. The molecule has 0 unspecified atom stereocenters. The third kappa shape index (κ3) is 3.37. The number of pyridine rings is 1. The van der Waals surface area contributed by atoms with Crippen molar-refractivity contribution in [2.24, 2.45) is 0 Å². The third-order valence-corrected chi connectivity index (χ3v) is 3.76. The lowest BCUT2D eigenvalue weighted by molar-refractivity contribution is 0.0526. The first kappa shape index (κ1) is 16.0. The smallest absolute Gasteiger partial charge is 0.339 e. The number of para-hydroxylation sites is 2. The molecule has 6 heteroatoms. The molecule has 2 aromatic heterocycles. The van der Waals surface area contributed by atoms with Crippen LogP contribution < -0.4 is 5.32 Å². The van der Waals surface area contributed by atoms with Gasteiger partial charge >= 0.3 is 5.97 Å². The van der Waals surface area contributed by atoms with E-state index in [1.54, 1.807) is 19.1 Å². The summed E-state index contributed by atoms with van der Waals surface area (Å²) in [5, 5.41) is 3.26. The van der Waals surface area contributed by atoms with E-state index in [0.29, 0.717) is 18.7 Å². The molecule has 0 amide bonds. The first-order valence-electron chi connectivity index (χ1n) is 7.98. The molecule has 1 aromatic carbocycles. The number of hydrogen-bond donors (Lipinski definition) is 1. The summed E-state index contributed by atoms with van der Waals surface area (Å²) >= 11 is 0. The third-order valence-electron chi connectivity index (χ3n) is 3.76. The van der Waals surface area contributed by atoms with Crippen molar-refractivity contribution in [2.75, 3.05) is 18.5 Å². The Bertz CT molecular complexity index is 840. The van der Waals surface area contributed by atoms with Gasteiger partial charge in [-0.3, -0.25) is 0 Å². The van der Waals surface area contributed by atoms with Gasteiger partial charge < -0.3 is 14.6 Å². The largest absolute Gasteiger partial charge is 0.462 e. The van der Waals surface area contributed by atoms with Crippen LogP contribution in [0.4, 0.5) is 5.82 Å². The minimum Gasteiger partial charge on any atom is -0.462 e. The van der Waals surface area contributed by atoms with E-state index in [9.17, 15) is 4.79 Å². The Kier molecular flexibility index (Phi) is 4.74. The molecule has 0 fully saturated rings. The van der Waals surface area contributed by atoms with Crippen LogP contribution in [0.3, 0.4) is 0 Å². The molecule has 0 radical (unpaired) electrons. The normalized spacial score (nSPS) is 10.8. The molecule has 3 rings (SSSR count). The molecule has 3 aromatic rings. The Morgan fingerprint density at radius 1 is 1.25 bits per heavy atom. The molecule has 0 saturated heterocycles. The summed E-state index contributed by atoms with van der Waals surface area (Å²) in [7, 11) is 0. The van der Waals surface area contributed by atoms with Crippen LogP contribution in [0.1, 0.15) is 23.1 Å². The fourth-order valence-corrected chi connectivity index (χ4v) is 2.61. The van der Waals surface area contributed by atoms with Gasteiger partial charge in [-0.25, -0.2) is 14.8 Å². The van der Waals surface area contributed by atoms with Gasteiger partial charge in [-0.05, 0) is 38.1 Å². The van der Waals surface area contributed by atoms with Gasteiger partial charge in [-0.1, -0.05) is 12.1 Å². The molecule has 0 saturated carbocycles. The Morgan fingerprint density at radius 3 is 2.83 bits per heavy atom. The molecule has 0 aliphatic carbocycles. The van der Waals surface area contributed by atoms with Crippen LogP contribution >= 0.6 is 0 Å². The number of rotatable bonds is 6. The van der Waals surface area contributed by atoms with Crippen LogP contribution in [0, 0.1) is 6.92 Å². The average Bonchev–Trinajstić information content (AvgIpc) is 2.91. The maximum absolute atomic E-state index is 11.6. The summed E-state index contributed by atoms with van der Waals surface area (Å²) in [5.41, 5.74) is 2.59. The summed E-state index contributed by atoms with van der Waals surface area (Å²) in [6.45, 7) is 5.65. The van der Waals surface area contributed by atoms with Crippen LogP contribution in [0.15, 0.2) is 42.6 Å². The molecule has 0 atom stereocenters. The fourth-order valence-electron chi connectivity index (χ4n) is 2.61. The average molecular weight is 324 g/mol. The number of fused-ring (bicyclic) bond motifs is 1. The lowest BCUT2D eigenvalue weighted by Crippen LogP contribution is -2.13. The molecule has 6 nitrogen and oxygen atoms in total. The standard InChI is InChI=1S/C18H20N4O2/c1-3-24-18(23)14-8-9-17(20-12-14)19-10-11-22-13(2)21-15-6-4-5-7-16(15)22/h4-9,12H,3,10-11H2,1-2H3,(H,19,20). The van der Waals surface area contributed by atoms with Gasteiger partial charge in [0, 0.05) is 19.3 Å². The minimum atomic E-state index is -0.350. The van der Waals surface area contributed by atoms with Crippen LogP contribution in [0.2, 0.25) is 0 Å². The molecular weight excluding hydrogens is 304 g/mol. The Hall–Kier alpha value is -2.89. The monoisotopic (exact) mass is 324 g/mol. The first-order valence-corrected chi connectivity index (χ1v) is 7.98. The lowest BCUT2D eigenvalue weighted by atomic mass is 10.3. The number of aromatic nitrogens is 3. The maximum atomic E-state index is 11.6. The van der Waals surface area contributed by atoms with Crippen LogP contribution in [-0.2, 0) is 11.3 Å². The highest BCUT2D eigenvalue weighted by Gasteiger charge is 2.08. The summed E-state index contributed by atoms with van der Waals surface area (Å²) in [6, 6.07) is 11.6. The highest BCUT2D eigenvalue weighted by Crippen LogP contribution is 2.15. The van der Waals surface area contributed by atoms with Crippen molar-refractivity contribution < 1.29 is 9.53 Å². The van der Waals surface area contributed by atoms with Gasteiger partial charge in [-0.2, -0.15) is 0 Å². The second kappa shape index (κ2) is 7.12. The number of hydrogen-bond acceptors (Lipinski definition) is 5. The van der Waals surface area contributed by atoms with E-state index in [-0.39, 0.29) is 5.97 Å². The number of carbonyl (C=O) groups is 1. The summed E-state index contributed by atoms with van der Waals surface area (Å²) in [5.74, 6) is 1.37. The number of aryl methyl sites for hydroxylation is 1. The molecule has 1 N–H and O–H groups in total. The molecule has 2 heterocycles. The van der Waals surface area contributed by atoms with E-state index in [1.807, 2.05) is 25.1 Å². The zero-order valence-corrected chi connectivity index (χ0v) is 13.8. The molecule has 0 bridgehead atoms. The van der Waals surface area contributed by atoms with Crippen molar-refractivity contribution in [3.8, 4) is 0 Å². The van der Waals surface area contributed by atoms with Crippen LogP contribution in [0.25, 0.3) is 11.0 Å². The zero-order chi connectivity index (χ0) is 16.9. The van der Waals surface area contributed by atoms with E-state index in [2.05, 4.69) is 25.9 Å². The summed E-state index contributed by atoms with van der Waals surface area (Å²) in [6.07, 6.45) is 1.53. The van der Waals surface area contributed by atoms with E-state index in [4.69, 9.17) is 4.74 Å². The number of carbonyl (C=O) groups excluding carboxylic acids is 1. The number of imidazole rings is 1.